The minimum absolute atomic E-state index is 0.0216. The number of rotatable bonds is 4. The standard InChI is InChI=1S/C19H22N2OS/c22-17(11-23-18-20-15-3-1-2-4-16(15)21-18)19-8-12-5-13(9-19)7-14(6-12)10-19/h1-4,12-14H,5-11H2,(H,20,21). The van der Waals surface area contributed by atoms with Gasteiger partial charge in [-0.05, 0) is 68.4 Å². The zero-order valence-electron chi connectivity index (χ0n) is 13.3. The predicted molar refractivity (Wildman–Crippen MR) is 92.4 cm³/mol. The molecule has 0 unspecified atom stereocenters. The summed E-state index contributed by atoms with van der Waals surface area (Å²) in [7, 11) is 0. The fourth-order valence-electron chi connectivity index (χ4n) is 5.74. The summed E-state index contributed by atoms with van der Waals surface area (Å²) in [5.41, 5.74) is 2.06. The SMILES string of the molecule is O=C(CSc1nc2ccccc2[nH]1)C12CC3CC(CC(C3)C1)C2. The molecule has 6 rings (SSSR count). The summed E-state index contributed by atoms with van der Waals surface area (Å²) in [6.07, 6.45) is 7.67. The van der Waals surface area contributed by atoms with E-state index in [-0.39, 0.29) is 5.41 Å². The highest BCUT2D eigenvalue weighted by molar-refractivity contribution is 7.99. The fourth-order valence-corrected chi connectivity index (χ4v) is 6.66. The maximum absolute atomic E-state index is 13.0. The first-order chi connectivity index (χ1) is 11.2. The van der Waals surface area contributed by atoms with Gasteiger partial charge in [0.05, 0.1) is 16.8 Å². The molecule has 0 aliphatic heterocycles. The van der Waals surface area contributed by atoms with Crippen molar-refractivity contribution >= 4 is 28.6 Å². The van der Waals surface area contributed by atoms with Crippen molar-refractivity contribution in [3.05, 3.63) is 24.3 Å². The Hall–Kier alpha value is -1.29. The maximum Gasteiger partial charge on any atom is 0.166 e. The van der Waals surface area contributed by atoms with Crippen molar-refractivity contribution in [1.82, 2.24) is 9.97 Å². The quantitative estimate of drug-likeness (QED) is 0.845. The number of thioether (sulfide) groups is 1. The number of hydrogen-bond donors (Lipinski definition) is 1. The van der Waals surface area contributed by atoms with E-state index in [1.54, 1.807) is 11.8 Å². The molecule has 4 saturated carbocycles. The Balaban J connectivity index is 1.31. The molecule has 0 amide bonds. The molecule has 120 valence electrons. The number of nitrogens with one attached hydrogen (secondary N) is 1. The maximum atomic E-state index is 13.0. The number of carbonyl (C=O) groups is 1. The average molecular weight is 326 g/mol. The zero-order chi connectivity index (χ0) is 15.4. The Kier molecular flexibility index (Phi) is 3.12. The highest BCUT2D eigenvalue weighted by atomic mass is 32.2. The minimum atomic E-state index is 0.0216. The van der Waals surface area contributed by atoms with Gasteiger partial charge in [-0.3, -0.25) is 4.79 Å². The second-order valence-electron chi connectivity index (χ2n) is 7.97. The summed E-state index contributed by atoms with van der Waals surface area (Å²) in [6.45, 7) is 0. The third-order valence-electron chi connectivity index (χ3n) is 6.34. The highest BCUT2D eigenvalue weighted by Crippen LogP contribution is 2.60. The highest BCUT2D eigenvalue weighted by Gasteiger charge is 2.54. The molecule has 4 fully saturated rings. The first-order valence-electron chi connectivity index (χ1n) is 8.81. The summed E-state index contributed by atoms with van der Waals surface area (Å²) >= 11 is 1.59. The molecule has 1 N–H and O–H groups in total. The van der Waals surface area contributed by atoms with E-state index in [1.807, 2.05) is 24.3 Å². The third-order valence-corrected chi connectivity index (χ3v) is 7.21. The van der Waals surface area contributed by atoms with Gasteiger partial charge < -0.3 is 4.98 Å². The number of fused-ring (bicyclic) bond motifs is 1. The van der Waals surface area contributed by atoms with Gasteiger partial charge in [0.15, 0.2) is 5.16 Å². The summed E-state index contributed by atoms with van der Waals surface area (Å²) in [5, 5.41) is 0.879. The molecule has 23 heavy (non-hydrogen) atoms. The van der Waals surface area contributed by atoms with E-state index < -0.39 is 0 Å². The van der Waals surface area contributed by atoms with Gasteiger partial charge in [0.25, 0.3) is 0 Å². The van der Waals surface area contributed by atoms with Crippen molar-refractivity contribution in [3.8, 4) is 0 Å². The van der Waals surface area contributed by atoms with E-state index in [0.717, 1.165) is 33.9 Å². The Bertz CT molecular complexity index is 697. The van der Waals surface area contributed by atoms with Gasteiger partial charge in [0.1, 0.15) is 5.78 Å². The number of aromatic nitrogens is 2. The zero-order valence-corrected chi connectivity index (χ0v) is 14.1. The van der Waals surface area contributed by atoms with Gasteiger partial charge in [-0.1, -0.05) is 23.9 Å². The topological polar surface area (TPSA) is 45.8 Å². The number of benzene rings is 1. The van der Waals surface area contributed by atoms with Gasteiger partial charge in [-0.25, -0.2) is 4.98 Å². The number of imidazole rings is 1. The van der Waals surface area contributed by atoms with E-state index in [9.17, 15) is 4.79 Å². The van der Waals surface area contributed by atoms with Crippen LogP contribution in [0.2, 0.25) is 0 Å². The number of aromatic amines is 1. The lowest BCUT2D eigenvalue weighted by atomic mass is 9.48. The van der Waals surface area contributed by atoms with Crippen molar-refractivity contribution < 1.29 is 4.79 Å². The van der Waals surface area contributed by atoms with Crippen molar-refractivity contribution in [2.45, 2.75) is 43.7 Å². The molecule has 1 heterocycles. The van der Waals surface area contributed by atoms with Crippen LogP contribution in [0.25, 0.3) is 11.0 Å². The molecular weight excluding hydrogens is 304 g/mol. The van der Waals surface area contributed by atoms with Gasteiger partial charge in [-0.2, -0.15) is 0 Å². The lowest BCUT2D eigenvalue weighted by Crippen LogP contribution is -2.50. The van der Waals surface area contributed by atoms with Gasteiger partial charge in [-0.15, -0.1) is 0 Å². The number of hydrogen-bond acceptors (Lipinski definition) is 3. The first-order valence-corrected chi connectivity index (χ1v) is 9.80. The molecule has 4 aliphatic carbocycles. The summed E-state index contributed by atoms with van der Waals surface area (Å²) in [5.74, 6) is 3.57. The van der Waals surface area contributed by atoms with Crippen LogP contribution in [-0.2, 0) is 4.79 Å². The Morgan fingerprint density at radius 3 is 2.43 bits per heavy atom. The Morgan fingerprint density at radius 2 is 1.78 bits per heavy atom. The number of Topliss-reactive ketones (excluding diaryl/α,β-unsaturated/α-hetero) is 1. The molecule has 4 aliphatic rings. The van der Waals surface area contributed by atoms with Crippen LogP contribution >= 0.6 is 11.8 Å². The molecule has 4 bridgehead atoms. The van der Waals surface area contributed by atoms with E-state index in [4.69, 9.17) is 0 Å². The van der Waals surface area contributed by atoms with Crippen LogP contribution in [-0.4, -0.2) is 21.5 Å². The monoisotopic (exact) mass is 326 g/mol. The smallest absolute Gasteiger partial charge is 0.166 e. The number of ketones is 1. The van der Waals surface area contributed by atoms with Crippen molar-refractivity contribution in [2.75, 3.05) is 5.75 Å². The number of para-hydroxylation sites is 2. The first kappa shape index (κ1) is 14.1. The van der Waals surface area contributed by atoms with Crippen LogP contribution in [0.1, 0.15) is 38.5 Å². The van der Waals surface area contributed by atoms with Gasteiger partial charge in [0.2, 0.25) is 0 Å². The van der Waals surface area contributed by atoms with E-state index in [1.165, 1.54) is 38.5 Å². The molecule has 0 spiro atoms. The lowest BCUT2D eigenvalue weighted by molar-refractivity contribution is -0.141. The molecule has 0 radical (unpaired) electrons. The predicted octanol–water partition coefficient (Wildman–Crippen LogP) is 4.44. The largest absolute Gasteiger partial charge is 0.333 e. The average Bonchev–Trinajstić information content (AvgIpc) is 2.94. The van der Waals surface area contributed by atoms with E-state index in [0.29, 0.717) is 11.5 Å². The molecule has 2 aromatic rings. The second-order valence-corrected chi connectivity index (χ2v) is 8.93. The van der Waals surface area contributed by atoms with Crippen LogP contribution in [0.4, 0.5) is 0 Å². The summed E-state index contributed by atoms with van der Waals surface area (Å²) in [4.78, 5) is 20.9. The number of nitrogens with zero attached hydrogens (tertiary/aromatic N) is 1. The minimum Gasteiger partial charge on any atom is -0.333 e. The molecule has 4 heteroatoms. The lowest BCUT2D eigenvalue weighted by Gasteiger charge is -2.56. The van der Waals surface area contributed by atoms with Gasteiger partial charge >= 0.3 is 0 Å². The summed E-state index contributed by atoms with van der Waals surface area (Å²) in [6, 6.07) is 8.05. The van der Waals surface area contributed by atoms with Crippen LogP contribution in [0.5, 0.6) is 0 Å². The Labute approximate surface area is 140 Å². The molecule has 0 saturated heterocycles. The van der Waals surface area contributed by atoms with Crippen LogP contribution in [0.15, 0.2) is 29.4 Å². The van der Waals surface area contributed by atoms with Crippen LogP contribution in [0, 0.1) is 23.2 Å². The molecule has 1 aromatic heterocycles. The normalized spacial score (nSPS) is 35.0. The van der Waals surface area contributed by atoms with Crippen LogP contribution < -0.4 is 0 Å². The summed E-state index contributed by atoms with van der Waals surface area (Å²) < 4.78 is 0. The molecule has 0 atom stereocenters. The third kappa shape index (κ3) is 2.34. The second kappa shape index (κ2) is 5.10. The fraction of sp³-hybridized carbons (Fsp3) is 0.579. The van der Waals surface area contributed by atoms with Gasteiger partial charge in [0, 0.05) is 5.41 Å². The van der Waals surface area contributed by atoms with Crippen molar-refractivity contribution in [2.24, 2.45) is 23.2 Å². The van der Waals surface area contributed by atoms with Crippen LogP contribution in [0.3, 0.4) is 0 Å². The molecule has 3 nitrogen and oxygen atoms in total. The van der Waals surface area contributed by atoms with E-state index in [2.05, 4.69) is 9.97 Å². The van der Waals surface area contributed by atoms with Crippen molar-refractivity contribution in [1.29, 1.82) is 0 Å². The van der Waals surface area contributed by atoms with E-state index >= 15 is 0 Å². The number of carbonyl (C=O) groups excluding carboxylic acids is 1. The number of H-pyrrole nitrogens is 1. The van der Waals surface area contributed by atoms with Crippen molar-refractivity contribution in [3.63, 3.8) is 0 Å². The molecule has 1 aromatic carbocycles. The Morgan fingerprint density at radius 1 is 1.13 bits per heavy atom. The molecular formula is C19H22N2OS.